The predicted molar refractivity (Wildman–Crippen MR) is 161 cm³/mol. The smallest absolute Gasteiger partial charge is 0.256 e. The van der Waals surface area contributed by atoms with Gasteiger partial charge in [0, 0.05) is 48.5 Å². The van der Waals surface area contributed by atoms with Gasteiger partial charge < -0.3 is 14.4 Å². The van der Waals surface area contributed by atoms with Crippen molar-refractivity contribution in [2.75, 3.05) is 17.7 Å². The van der Waals surface area contributed by atoms with Crippen LogP contribution in [0.25, 0.3) is 11.1 Å². The first-order valence-corrected chi connectivity index (χ1v) is 15.0. The van der Waals surface area contributed by atoms with Crippen LogP contribution in [0.5, 0.6) is 0 Å². The van der Waals surface area contributed by atoms with Crippen LogP contribution in [0.15, 0.2) is 56.9 Å². The van der Waals surface area contributed by atoms with Gasteiger partial charge in [-0.2, -0.15) is 4.47 Å². The normalized spacial score (nSPS) is 16.9. The highest BCUT2D eigenvalue weighted by Gasteiger charge is 2.46. The lowest BCUT2D eigenvalue weighted by molar-refractivity contribution is -0.132. The van der Waals surface area contributed by atoms with Gasteiger partial charge in [0.05, 0.1) is 13.2 Å². The van der Waals surface area contributed by atoms with Crippen LogP contribution in [0.3, 0.4) is 0 Å². The zero-order valence-electron chi connectivity index (χ0n) is 24.5. The lowest BCUT2D eigenvalue weighted by Crippen LogP contribution is -2.42. The Hall–Kier alpha value is -3.18. The molecule has 0 radical (unpaired) electrons. The molecule has 1 aromatic heterocycles. The van der Waals surface area contributed by atoms with Crippen molar-refractivity contribution in [3.63, 3.8) is 0 Å². The van der Waals surface area contributed by atoms with E-state index in [-0.39, 0.29) is 12.5 Å². The Morgan fingerprint density at radius 1 is 1.12 bits per heavy atom. The number of aliphatic hydroxyl groups excluding tert-OH is 1. The number of rotatable bonds is 14. The Bertz CT molecular complexity index is 1390. The summed E-state index contributed by atoms with van der Waals surface area (Å²) in [4.78, 5) is 21.1. The molecule has 10 heteroatoms. The number of carbonyl (C=O) groups is 1. The topological polar surface area (TPSA) is 112 Å². The van der Waals surface area contributed by atoms with Crippen LogP contribution < -0.4 is 4.47 Å². The van der Waals surface area contributed by atoms with E-state index in [0.29, 0.717) is 50.6 Å². The second kappa shape index (κ2) is 13.7. The van der Waals surface area contributed by atoms with Gasteiger partial charge in [0.1, 0.15) is 17.1 Å². The highest BCUT2D eigenvalue weighted by molar-refractivity contribution is 8.00. The summed E-state index contributed by atoms with van der Waals surface area (Å²) in [6.07, 6.45) is 2.45. The van der Waals surface area contributed by atoms with E-state index in [1.54, 1.807) is 4.90 Å². The van der Waals surface area contributed by atoms with Crippen LogP contribution >= 0.6 is 11.9 Å². The Balaban J connectivity index is 1.66. The molecule has 1 aliphatic rings. The fourth-order valence-electron chi connectivity index (χ4n) is 5.07. The van der Waals surface area contributed by atoms with Gasteiger partial charge in [0.15, 0.2) is 0 Å². The number of aliphatic imine (C=N–C) groups is 1. The Kier molecular flexibility index (Phi) is 10.2. The molecule has 0 aliphatic carbocycles. The quantitative estimate of drug-likeness (QED) is 0.165. The fourth-order valence-corrected chi connectivity index (χ4v) is 5.93. The lowest BCUT2D eigenvalue weighted by atomic mass is 9.92. The first-order chi connectivity index (χ1) is 19.8. The Morgan fingerprint density at radius 2 is 1.90 bits per heavy atom. The number of aromatic nitrogens is 1. The molecule has 0 saturated carbocycles. The van der Waals surface area contributed by atoms with Crippen molar-refractivity contribution in [1.29, 1.82) is 0 Å². The largest absolute Gasteiger partial charge is 0.396 e. The van der Waals surface area contributed by atoms with E-state index in [4.69, 9.17) is 14.3 Å². The van der Waals surface area contributed by atoms with E-state index >= 15 is 0 Å². The van der Waals surface area contributed by atoms with E-state index in [1.165, 1.54) is 0 Å². The number of ether oxygens (including phenoxy) is 1. The minimum absolute atomic E-state index is 0.0453. The van der Waals surface area contributed by atoms with Crippen LogP contribution in [-0.2, 0) is 22.7 Å². The summed E-state index contributed by atoms with van der Waals surface area (Å²) in [5.41, 5.74) is 3.75. The third kappa shape index (κ3) is 6.51. The number of aryl methyl sites for hydroxylation is 1. The Labute approximate surface area is 246 Å². The highest BCUT2D eigenvalue weighted by atomic mass is 32.2. The lowest BCUT2D eigenvalue weighted by Gasteiger charge is -2.25. The van der Waals surface area contributed by atoms with Crippen LogP contribution in [0.1, 0.15) is 68.9 Å². The maximum absolute atomic E-state index is 13.6. The van der Waals surface area contributed by atoms with Crippen molar-refractivity contribution in [3.05, 3.63) is 64.9 Å². The molecule has 2 heterocycles. The molecule has 1 unspecified atom stereocenters. The second-order valence-electron chi connectivity index (χ2n) is 10.2. The number of benzene rings is 2. The number of anilines is 1. The third-order valence-corrected chi connectivity index (χ3v) is 8.43. The Morgan fingerprint density at radius 3 is 2.56 bits per heavy atom. The van der Waals surface area contributed by atoms with Gasteiger partial charge in [-0.25, -0.2) is 0 Å². The van der Waals surface area contributed by atoms with Crippen LogP contribution in [0.4, 0.5) is 5.82 Å². The summed E-state index contributed by atoms with van der Waals surface area (Å²) in [7, 11) is 0. The maximum atomic E-state index is 13.6. The van der Waals surface area contributed by atoms with Gasteiger partial charge >= 0.3 is 0 Å². The average molecular weight is 581 g/mol. The highest BCUT2D eigenvalue weighted by Crippen LogP contribution is 2.38. The zero-order chi connectivity index (χ0) is 29.6. The molecule has 220 valence electrons. The molecule has 0 bridgehead atoms. The second-order valence-corrected chi connectivity index (χ2v) is 11.2. The van der Waals surface area contributed by atoms with Gasteiger partial charge in [-0.3, -0.25) is 19.9 Å². The van der Waals surface area contributed by atoms with E-state index < -0.39 is 5.54 Å². The molecule has 2 N–H and O–H groups in total. The summed E-state index contributed by atoms with van der Waals surface area (Å²) in [5.74, 6) is 1.75. The monoisotopic (exact) mass is 580 g/mol. The van der Waals surface area contributed by atoms with Gasteiger partial charge in [0.25, 0.3) is 5.91 Å². The number of nitrogens with zero attached hydrogens (tertiary/aromatic N) is 4. The van der Waals surface area contributed by atoms with E-state index in [2.05, 4.69) is 18.1 Å². The van der Waals surface area contributed by atoms with Gasteiger partial charge in [-0.15, -0.1) is 0 Å². The number of hydrogen-bond donors (Lipinski definition) is 2. The standard InChI is InChI=1S/C31H40N4O5S/c1-6-11-28-32-31(7-2,16-17-36)30(37)34(28)19-23-14-15-25(24(18-23)20-39-8-3)26-12-9-10-13-27(26)41-35(38)29-21(4)22(5)40-33-29/h9-10,12-15,18,36,38H,6-8,11,16-17,19-20H2,1-5H3. The summed E-state index contributed by atoms with van der Waals surface area (Å²) in [6.45, 7) is 10.9. The molecule has 2 aromatic carbocycles. The summed E-state index contributed by atoms with van der Waals surface area (Å²) in [5, 5.41) is 24.5. The molecule has 1 aliphatic heterocycles. The van der Waals surface area contributed by atoms with Crippen molar-refractivity contribution in [1.82, 2.24) is 10.1 Å². The summed E-state index contributed by atoms with van der Waals surface area (Å²) < 4.78 is 12.1. The number of aliphatic hydroxyl groups is 1. The molecule has 0 saturated heterocycles. The SMILES string of the molecule is CCCC1=NC(CC)(CCO)C(=O)N1Cc1ccc(-c2ccccc2SN(O)c2noc(C)c2C)c(COCC)c1. The summed E-state index contributed by atoms with van der Waals surface area (Å²) >= 11 is 1.16. The number of amides is 1. The van der Waals surface area contributed by atoms with E-state index in [9.17, 15) is 15.1 Å². The molecule has 0 spiro atoms. The molecular formula is C31H40N4O5S. The minimum Gasteiger partial charge on any atom is -0.396 e. The van der Waals surface area contributed by atoms with Crippen LogP contribution in [0.2, 0.25) is 0 Å². The zero-order valence-corrected chi connectivity index (χ0v) is 25.3. The van der Waals surface area contributed by atoms with E-state index in [1.807, 2.05) is 64.1 Å². The molecule has 0 fully saturated rings. The fraction of sp³-hybridized carbons (Fsp3) is 0.452. The van der Waals surface area contributed by atoms with Gasteiger partial charge in [-0.1, -0.05) is 55.4 Å². The van der Waals surface area contributed by atoms with Crippen molar-refractivity contribution < 1.29 is 24.4 Å². The average Bonchev–Trinajstić information content (AvgIpc) is 3.44. The number of amidine groups is 1. The first kappa shape index (κ1) is 30.8. The van der Waals surface area contributed by atoms with E-state index in [0.717, 1.165) is 61.4 Å². The van der Waals surface area contributed by atoms with Crippen molar-refractivity contribution in [3.8, 4) is 11.1 Å². The molecular weight excluding hydrogens is 540 g/mol. The van der Waals surface area contributed by atoms with Crippen LogP contribution in [-0.4, -0.2) is 50.9 Å². The van der Waals surface area contributed by atoms with Gasteiger partial charge in [0.2, 0.25) is 5.82 Å². The molecule has 1 atom stereocenters. The molecule has 9 nitrogen and oxygen atoms in total. The molecule has 41 heavy (non-hydrogen) atoms. The van der Waals surface area contributed by atoms with Gasteiger partial charge in [-0.05, 0) is 61.9 Å². The maximum Gasteiger partial charge on any atom is 0.256 e. The number of hydrogen-bond acceptors (Lipinski definition) is 9. The third-order valence-electron chi connectivity index (χ3n) is 7.53. The summed E-state index contributed by atoms with van der Waals surface area (Å²) in [6, 6.07) is 14.0. The molecule has 3 aromatic rings. The van der Waals surface area contributed by atoms with Crippen molar-refractivity contribution in [2.45, 2.75) is 83.9 Å². The minimum atomic E-state index is -0.888. The first-order valence-electron chi connectivity index (χ1n) is 14.2. The number of carbonyl (C=O) groups excluding carboxylic acids is 1. The van der Waals surface area contributed by atoms with Crippen LogP contribution in [0, 0.1) is 13.8 Å². The van der Waals surface area contributed by atoms with Crippen molar-refractivity contribution >= 4 is 29.5 Å². The van der Waals surface area contributed by atoms with Crippen molar-refractivity contribution in [2.24, 2.45) is 4.99 Å². The molecule has 1 amide bonds. The molecule has 4 rings (SSSR count). The predicted octanol–water partition coefficient (Wildman–Crippen LogP) is 6.47.